The molecule has 0 saturated carbocycles. The van der Waals surface area contributed by atoms with Gasteiger partial charge in [0.15, 0.2) is 0 Å². The zero-order valence-electron chi connectivity index (χ0n) is 13.7. The van der Waals surface area contributed by atoms with Crippen LogP contribution >= 0.6 is 0 Å². The van der Waals surface area contributed by atoms with Crippen molar-refractivity contribution in [1.82, 2.24) is 15.1 Å². The fourth-order valence-corrected chi connectivity index (χ4v) is 2.73. The number of amides is 2. The molecule has 1 aliphatic rings. The second-order valence-corrected chi connectivity index (χ2v) is 6.50. The zero-order valence-corrected chi connectivity index (χ0v) is 13.7. The second-order valence-electron chi connectivity index (χ2n) is 6.50. The van der Waals surface area contributed by atoms with E-state index in [0.717, 1.165) is 18.5 Å². The summed E-state index contributed by atoms with van der Waals surface area (Å²) in [5.74, 6) is 0.270. The van der Waals surface area contributed by atoms with Crippen LogP contribution in [0.1, 0.15) is 24.5 Å². The van der Waals surface area contributed by atoms with Crippen molar-refractivity contribution in [2.45, 2.75) is 32.5 Å². The van der Waals surface area contributed by atoms with Crippen molar-refractivity contribution in [3.63, 3.8) is 0 Å². The van der Waals surface area contributed by atoms with E-state index in [2.05, 4.69) is 22.3 Å². The molecule has 1 fully saturated rings. The lowest BCUT2D eigenvalue weighted by atomic mass is 9.96. The summed E-state index contributed by atoms with van der Waals surface area (Å²) in [7, 11) is 4.08. The third-order valence-electron chi connectivity index (χ3n) is 4.14. The van der Waals surface area contributed by atoms with Gasteiger partial charge in [-0.3, -0.25) is 0 Å². The Balaban J connectivity index is 1.86. The molecule has 2 amide bonds. The molecule has 122 valence electrons. The minimum atomic E-state index is -0.414. The molecule has 5 heteroatoms. The summed E-state index contributed by atoms with van der Waals surface area (Å²) in [6.07, 6.45) is 0.440. The molecule has 5 nitrogen and oxygen atoms in total. The first-order valence-corrected chi connectivity index (χ1v) is 7.89. The van der Waals surface area contributed by atoms with Crippen molar-refractivity contribution >= 4 is 6.03 Å². The predicted molar refractivity (Wildman–Crippen MR) is 87.4 cm³/mol. The van der Waals surface area contributed by atoms with E-state index in [1.54, 1.807) is 4.90 Å². The summed E-state index contributed by atoms with van der Waals surface area (Å²) in [6.45, 7) is 4.56. The Bertz CT molecular complexity index is 504. The summed E-state index contributed by atoms with van der Waals surface area (Å²) in [5, 5.41) is 12.8. The standard InChI is InChI=1S/C17H27N3O2/c1-13-7-8-20(12-16(13)21)17(22)18-10-14-5-4-6-15(9-14)11-19(2)3/h4-6,9,13,16,21H,7-8,10-12H2,1-3H3,(H,18,22). The number of hydrogen-bond acceptors (Lipinski definition) is 3. The summed E-state index contributed by atoms with van der Waals surface area (Å²) < 4.78 is 0. The van der Waals surface area contributed by atoms with Crippen LogP contribution < -0.4 is 5.32 Å². The Morgan fingerprint density at radius 3 is 2.82 bits per heavy atom. The topological polar surface area (TPSA) is 55.8 Å². The highest BCUT2D eigenvalue weighted by Crippen LogP contribution is 2.17. The molecule has 2 atom stereocenters. The van der Waals surface area contributed by atoms with Crippen LogP contribution in [0.2, 0.25) is 0 Å². The van der Waals surface area contributed by atoms with Crippen LogP contribution in [0.3, 0.4) is 0 Å². The number of β-amino-alcohol motifs (C(OH)–C–C–N with tert-alkyl or cyclic N) is 1. The molecule has 0 aromatic heterocycles. The fourth-order valence-electron chi connectivity index (χ4n) is 2.73. The van der Waals surface area contributed by atoms with Gasteiger partial charge in [-0.2, -0.15) is 0 Å². The maximum Gasteiger partial charge on any atom is 0.317 e. The highest BCUT2D eigenvalue weighted by Gasteiger charge is 2.26. The molecule has 2 rings (SSSR count). The van der Waals surface area contributed by atoms with Crippen molar-refractivity contribution in [3.05, 3.63) is 35.4 Å². The van der Waals surface area contributed by atoms with Gasteiger partial charge in [-0.25, -0.2) is 4.79 Å². The number of aliphatic hydroxyl groups is 1. The van der Waals surface area contributed by atoms with Crippen LogP contribution in [0.4, 0.5) is 4.79 Å². The minimum absolute atomic E-state index is 0.0936. The number of piperidine rings is 1. The number of rotatable bonds is 4. The van der Waals surface area contributed by atoms with Gasteiger partial charge in [-0.1, -0.05) is 31.2 Å². The van der Waals surface area contributed by atoms with Gasteiger partial charge in [-0.05, 0) is 37.6 Å². The van der Waals surface area contributed by atoms with Crippen LogP contribution in [-0.2, 0) is 13.1 Å². The number of carbonyl (C=O) groups excluding carboxylic acids is 1. The van der Waals surface area contributed by atoms with Gasteiger partial charge in [0.2, 0.25) is 0 Å². The molecule has 1 heterocycles. The molecule has 1 aliphatic heterocycles. The summed E-state index contributed by atoms with van der Waals surface area (Å²) >= 11 is 0. The van der Waals surface area contributed by atoms with E-state index in [1.165, 1.54) is 5.56 Å². The Morgan fingerprint density at radius 1 is 1.41 bits per heavy atom. The number of urea groups is 1. The van der Waals surface area contributed by atoms with Crippen LogP contribution in [0, 0.1) is 5.92 Å². The molecule has 0 bridgehead atoms. The van der Waals surface area contributed by atoms with Gasteiger partial charge in [0, 0.05) is 26.2 Å². The first kappa shape index (κ1) is 16.8. The average molecular weight is 305 g/mol. The second kappa shape index (κ2) is 7.61. The van der Waals surface area contributed by atoms with E-state index in [0.29, 0.717) is 19.6 Å². The summed E-state index contributed by atoms with van der Waals surface area (Å²) in [6, 6.07) is 8.16. The lowest BCUT2D eigenvalue weighted by Gasteiger charge is -2.34. The number of aliphatic hydroxyl groups excluding tert-OH is 1. The van der Waals surface area contributed by atoms with Gasteiger partial charge < -0.3 is 20.2 Å². The number of benzene rings is 1. The highest BCUT2D eigenvalue weighted by atomic mass is 16.3. The van der Waals surface area contributed by atoms with E-state index in [-0.39, 0.29) is 11.9 Å². The third kappa shape index (κ3) is 4.71. The van der Waals surface area contributed by atoms with Gasteiger partial charge in [0.05, 0.1) is 6.10 Å². The zero-order chi connectivity index (χ0) is 16.1. The van der Waals surface area contributed by atoms with Crippen LogP contribution in [0.25, 0.3) is 0 Å². The lowest BCUT2D eigenvalue weighted by Crippen LogP contribution is -2.49. The Kier molecular flexibility index (Phi) is 5.80. The van der Waals surface area contributed by atoms with Crippen molar-refractivity contribution in [2.75, 3.05) is 27.2 Å². The van der Waals surface area contributed by atoms with E-state index in [4.69, 9.17) is 0 Å². The fraction of sp³-hybridized carbons (Fsp3) is 0.588. The first-order chi connectivity index (χ1) is 10.5. The monoisotopic (exact) mass is 305 g/mol. The highest BCUT2D eigenvalue weighted by molar-refractivity contribution is 5.74. The maximum atomic E-state index is 12.2. The smallest absolute Gasteiger partial charge is 0.317 e. The Hall–Kier alpha value is -1.59. The molecular weight excluding hydrogens is 278 g/mol. The van der Waals surface area contributed by atoms with E-state index < -0.39 is 6.10 Å². The summed E-state index contributed by atoms with van der Waals surface area (Å²) in [5.41, 5.74) is 2.33. The quantitative estimate of drug-likeness (QED) is 0.889. The first-order valence-electron chi connectivity index (χ1n) is 7.89. The number of likely N-dealkylation sites (tertiary alicyclic amines) is 1. The molecular formula is C17H27N3O2. The van der Waals surface area contributed by atoms with Gasteiger partial charge >= 0.3 is 6.03 Å². The maximum absolute atomic E-state index is 12.2. The number of nitrogens with zero attached hydrogens (tertiary/aromatic N) is 2. The SMILES string of the molecule is CC1CCN(C(=O)NCc2cccc(CN(C)C)c2)CC1O. The number of hydrogen-bond donors (Lipinski definition) is 2. The van der Waals surface area contributed by atoms with Crippen LogP contribution in [0.15, 0.2) is 24.3 Å². The molecule has 2 unspecified atom stereocenters. The van der Waals surface area contributed by atoms with Crippen molar-refractivity contribution in [3.8, 4) is 0 Å². The average Bonchev–Trinajstić information content (AvgIpc) is 2.47. The van der Waals surface area contributed by atoms with Gasteiger partial charge in [-0.15, -0.1) is 0 Å². The number of carbonyl (C=O) groups is 1. The molecule has 22 heavy (non-hydrogen) atoms. The Labute approximate surface area is 132 Å². The summed E-state index contributed by atoms with van der Waals surface area (Å²) in [4.78, 5) is 16.0. The lowest BCUT2D eigenvalue weighted by molar-refractivity contribution is 0.0435. The van der Waals surface area contributed by atoms with Gasteiger partial charge in [0.1, 0.15) is 0 Å². The van der Waals surface area contributed by atoms with E-state index in [9.17, 15) is 9.90 Å². The normalized spacial score (nSPS) is 22.0. The van der Waals surface area contributed by atoms with Crippen molar-refractivity contribution in [2.24, 2.45) is 5.92 Å². The number of nitrogens with one attached hydrogen (secondary N) is 1. The van der Waals surface area contributed by atoms with Crippen molar-refractivity contribution < 1.29 is 9.90 Å². The molecule has 1 aromatic rings. The third-order valence-corrected chi connectivity index (χ3v) is 4.14. The molecule has 1 saturated heterocycles. The molecule has 1 aromatic carbocycles. The molecule has 0 spiro atoms. The van der Waals surface area contributed by atoms with Gasteiger partial charge in [0.25, 0.3) is 0 Å². The molecule has 0 radical (unpaired) electrons. The predicted octanol–water partition coefficient (Wildman–Crippen LogP) is 1.66. The molecule has 2 N–H and O–H groups in total. The Morgan fingerprint density at radius 2 is 2.14 bits per heavy atom. The van der Waals surface area contributed by atoms with Crippen LogP contribution in [0.5, 0.6) is 0 Å². The van der Waals surface area contributed by atoms with E-state index >= 15 is 0 Å². The van der Waals surface area contributed by atoms with Crippen molar-refractivity contribution in [1.29, 1.82) is 0 Å². The largest absolute Gasteiger partial charge is 0.391 e. The minimum Gasteiger partial charge on any atom is -0.391 e. The van der Waals surface area contributed by atoms with Crippen LogP contribution in [-0.4, -0.2) is 54.2 Å². The van der Waals surface area contributed by atoms with E-state index in [1.807, 2.05) is 33.2 Å². The molecule has 0 aliphatic carbocycles.